The molecule has 3 rings (SSSR count). The molecule has 4 heteroatoms. The molecule has 0 aliphatic rings. The minimum absolute atomic E-state index is 0.628. The second kappa shape index (κ2) is 6.16. The zero-order chi connectivity index (χ0) is 14.7. The Labute approximate surface area is 128 Å². The van der Waals surface area contributed by atoms with Crippen LogP contribution in [0.5, 0.6) is 0 Å². The van der Waals surface area contributed by atoms with Crippen LogP contribution in [0.4, 0.5) is 0 Å². The Morgan fingerprint density at radius 3 is 2.71 bits per heavy atom. The fourth-order valence-corrected chi connectivity index (χ4v) is 3.50. The zero-order valence-electron chi connectivity index (χ0n) is 11.9. The SMILES string of the molecule is Cc1ccccc1-c1nc(-c2cccnc2)c(CCN)s1. The molecule has 2 heterocycles. The van der Waals surface area contributed by atoms with Gasteiger partial charge in [0.1, 0.15) is 5.01 Å². The van der Waals surface area contributed by atoms with E-state index < -0.39 is 0 Å². The van der Waals surface area contributed by atoms with E-state index in [0.717, 1.165) is 22.7 Å². The van der Waals surface area contributed by atoms with E-state index in [1.54, 1.807) is 17.5 Å². The van der Waals surface area contributed by atoms with Crippen LogP contribution < -0.4 is 5.73 Å². The Kier molecular flexibility index (Phi) is 4.08. The molecule has 2 N–H and O–H groups in total. The Morgan fingerprint density at radius 2 is 2.00 bits per heavy atom. The van der Waals surface area contributed by atoms with Gasteiger partial charge < -0.3 is 5.73 Å². The number of thiazole rings is 1. The molecule has 21 heavy (non-hydrogen) atoms. The molecule has 106 valence electrons. The summed E-state index contributed by atoms with van der Waals surface area (Å²) in [6.45, 7) is 2.74. The van der Waals surface area contributed by atoms with Gasteiger partial charge in [-0.3, -0.25) is 4.98 Å². The molecule has 0 unspecified atom stereocenters. The molecular weight excluding hydrogens is 278 g/mol. The minimum Gasteiger partial charge on any atom is -0.330 e. The third-order valence-corrected chi connectivity index (χ3v) is 4.53. The Morgan fingerprint density at radius 1 is 1.14 bits per heavy atom. The number of nitrogens with two attached hydrogens (primary N) is 1. The first-order valence-electron chi connectivity index (χ1n) is 6.96. The van der Waals surface area contributed by atoms with Crippen LogP contribution in [-0.2, 0) is 6.42 Å². The van der Waals surface area contributed by atoms with Gasteiger partial charge in [-0.2, -0.15) is 0 Å². The van der Waals surface area contributed by atoms with Gasteiger partial charge in [0.2, 0.25) is 0 Å². The van der Waals surface area contributed by atoms with Crippen molar-refractivity contribution in [3.05, 3.63) is 59.2 Å². The highest BCUT2D eigenvalue weighted by Crippen LogP contribution is 2.35. The standard InChI is InChI=1S/C17H17N3S/c1-12-5-2-3-7-14(12)17-20-16(15(21-17)8-9-18)13-6-4-10-19-11-13/h2-7,10-11H,8-9,18H2,1H3. The smallest absolute Gasteiger partial charge is 0.124 e. The summed E-state index contributed by atoms with van der Waals surface area (Å²) in [5.41, 5.74) is 10.2. The number of benzene rings is 1. The maximum absolute atomic E-state index is 5.75. The number of hydrogen-bond donors (Lipinski definition) is 1. The highest BCUT2D eigenvalue weighted by atomic mass is 32.1. The highest BCUT2D eigenvalue weighted by molar-refractivity contribution is 7.15. The maximum Gasteiger partial charge on any atom is 0.124 e. The van der Waals surface area contributed by atoms with Crippen LogP contribution in [0.25, 0.3) is 21.8 Å². The number of nitrogens with zero attached hydrogens (tertiary/aromatic N) is 2. The van der Waals surface area contributed by atoms with Crippen LogP contribution >= 0.6 is 11.3 Å². The van der Waals surface area contributed by atoms with E-state index in [1.807, 2.05) is 18.3 Å². The van der Waals surface area contributed by atoms with Gasteiger partial charge >= 0.3 is 0 Å². The fraction of sp³-hybridized carbons (Fsp3) is 0.176. The maximum atomic E-state index is 5.75. The second-order valence-electron chi connectivity index (χ2n) is 4.89. The summed E-state index contributed by atoms with van der Waals surface area (Å²) in [4.78, 5) is 10.3. The first kappa shape index (κ1) is 13.9. The fourth-order valence-electron chi connectivity index (χ4n) is 2.31. The summed E-state index contributed by atoms with van der Waals surface area (Å²) in [5, 5.41) is 1.05. The lowest BCUT2D eigenvalue weighted by atomic mass is 10.1. The van der Waals surface area contributed by atoms with Crippen LogP contribution in [0.1, 0.15) is 10.4 Å². The number of aryl methyl sites for hydroxylation is 1. The van der Waals surface area contributed by atoms with Crippen LogP contribution in [0, 0.1) is 6.92 Å². The quantitative estimate of drug-likeness (QED) is 0.798. The molecule has 0 aliphatic carbocycles. The summed E-state index contributed by atoms with van der Waals surface area (Å²) >= 11 is 1.73. The highest BCUT2D eigenvalue weighted by Gasteiger charge is 2.14. The second-order valence-corrected chi connectivity index (χ2v) is 5.97. The molecule has 0 saturated heterocycles. The van der Waals surface area contributed by atoms with Gasteiger partial charge in [0.25, 0.3) is 0 Å². The van der Waals surface area contributed by atoms with E-state index in [1.165, 1.54) is 16.0 Å². The van der Waals surface area contributed by atoms with E-state index in [-0.39, 0.29) is 0 Å². The molecule has 0 amide bonds. The van der Waals surface area contributed by atoms with Crippen molar-refractivity contribution in [2.45, 2.75) is 13.3 Å². The van der Waals surface area contributed by atoms with Crippen molar-refractivity contribution in [3.63, 3.8) is 0 Å². The van der Waals surface area contributed by atoms with Gasteiger partial charge in [0, 0.05) is 28.4 Å². The lowest BCUT2D eigenvalue weighted by Crippen LogP contribution is -2.02. The Bertz CT molecular complexity index is 735. The topological polar surface area (TPSA) is 51.8 Å². The third kappa shape index (κ3) is 2.86. The molecule has 0 atom stereocenters. The van der Waals surface area contributed by atoms with Crippen molar-refractivity contribution in [2.24, 2.45) is 5.73 Å². The molecule has 3 nitrogen and oxygen atoms in total. The van der Waals surface area contributed by atoms with Crippen LogP contribution in [-0.4, -0.2) is 16.5 Å². The molecule has 0 bridgehead atoms. The molecule has 0 aliphatic heterocycles. The van der Waals surface area contributed by atoms with Gasteiger partial charge in [-0.15, -0.1) is 11.3 Å². The molecule has 3 aromatic rings. The molecule has 1 aromatic carbocycles. The van der Waals surface area contributed by atoms with Crippen LogP contribution in [0.15, 0.2) is 48.8 Å². The zero-order valence-corrected chi connectivity index (χ0v) is 12.7. The number of pyridine rings is 1. The van der Waals surface area contributed by atoms with E-state index >= 15 is 0 Å². The first-order chi connectivity index (χ1) is 10.3. The number of rotatable bonds is 4. The van der Waals surface area contributed by atoms with Gasteiger partial charge in [-0.25, -0.2) is 4.98 Å². The predicted molar refractivity (Wildman–Crippen MR) is 88.3 cm³/mol. The predicted octanol–water partition coefficient (Wildman–Crippen LogP) is 3.68. The molecule has 0 spiro atoms. The third-order valence-electron chi connectivity index (χ3n) is 3.38. The summed E-state index contributed by atoms with van der Waals surface area (Å²) in [6.07, 6.45) is 4.48. The first-order valence-corrected chi connectivity index (χ1v) is 7.77. The van der Waals surface area contributed by atoms with Crippen molar-refractivity contribution in [1.29, 1.82) is 0 Å². The van der Waals surface area contributed by atoms with E-state index in [0.29, 0.717) is 6.54 Å². The lowest BCUT2D eigenvalue weighted by Gasteiger charge is -2.00. The van der Waals surface area contributed by atoms with Crippen molar-refractivity contribution < 1.29 is 0 Å². The van der Waals surface area contributed by atoms with Crippen molar-refractivity contribution in [1.82, 2.24) is 9.97 Å². The average molecular weight is 295 g/mol. The minimum atomic E-state index is 0.628. The summed E-state index contributed by atoms with van der Waals surface area (Å²) < 4.78 is 0. The molecule has 0 fully saturated rings. The lowest BCUT2D eigenvalue weighted by molar-refractivity contribution is 0.986. The van der Waals surface area contributed by atoms with Crippen molar-refractivity contribution >= 4 is 11.3 Å². The summed E-state index contributed by atoms with van der Waals surface area (Å²) in [5.74, 6) is 0. The summed E-state index contributed by atoms with van der Waals surface area (Å²) in [7, 11) is 0. The van der Waals surface area contributed by atoms with Gasteiger partial charge in [-0.1, -0.05) is 24.3 Å². The van der Waals surface area contributed by atoms with Gasteiger partial charge in [-0.05, 0) is 37.6 Å². The summed E-state index contributed by atoms with van der Waals surface area (Å²) in [6, 6.07) is 12.3. The molecule has 2 aromatic heterocycles. The molecule has 0 saturated carbocycles. The van der Waals surface area contributed by atoms with Gasteiger partial charge in [0.05, 0.1) is 5.69 Å². The molecule has 0 radical (unpaired) electrons. The largest absolute Gasteiger partial charge is 0.330 e. The van der Waals surface area contributed by atoms with E-state index in [4.69, 9.17) is 10.7 Å². The van der Waals surface area contributed by atoms with Crippen LogP contribution in [0.3, 0.4) is 0 Å². The Balaban J connectivity index is 2.11. The monoisotopic (exact) mass is 295 g/mol. The normalized spacial score (nSPS) is 10.8. The van der Waals surface area contributed by atoms with Crippen molar-refractivity contribution in [3.8, 4) is 21.8 Å². The van der Waals surface area contributed by atoms with Crippen molar-refractivity contribution in [2.75, 3.05) is 6.54 Å². The van der Waals surface area contributed by atoms with E-state index in [2.05, 4.69) is 36.2 Å². The van der Waals surface area contributed by atoms with E-state index in [9.17, 15) is 0 Å². The van der Waals surface area contributed by atoms with Crippen LogP contribution in [0.2, 0.25) is 0 Å². The Hall–Kier alpha value is -2.04. The average Bonchev–Trinajstić information content (AvgIpc) is 2.93. The molecular formula is C17H17N3S. The van der Waals surface area contributed by atoms with Gasteiger partial charge in [0.15, 0.2) is 0 Å². The number of aromatic nitrogens is 2. The number of hydrogen-bond acceptors (Lipinski definition) is 4.